The molecular weight excluding hydrogens is 396 g/mol. The van der Waals surface area contributed by atoms with Gasteiger partial charge < -0.3 is 19.9 Å². The first kappa shape index (κ1) is 22.6. The highest BCUT2D eigenvalue weighted by atomic mass is 16.6. The van der Waals surface area contributed by atoms with Crippen LogP contribution < -0.4 is 15.0 Å². The summed E-state index contributed by atoms with van der Waals surface area (Å²) in [5, 5.41) is 14.3. The van der Waals surface area contributed by atoms with Crippen molar-refractivity contribution in [3.63, 3.8) is 0 Å². The number of nitrogens with one attached hydrogen (secondary N) is 1. The van der Waals surface area contributed by atoms with Crippen LogP contribution in [-0.2, 0) is 0 Å². The van der Waals surface area contributed by atoms with Gasteiger partial charge in [0.25, 0.3) is 11.6 Å². The van der Waals surface area contributed by atoms with Gasteiger partial charge in [-0.05, 0) is 57.1 Å². The Hall–Kier alpha value is -3.13. The number of methoxy groups -OCH3 is 1. The van der Waals surface area contributed by atoms with Crippen LogP contribution in [0.15, 0.2) is 42.5 Å². The molecule has 2 aromatic rings. The number of non-ortho nitro benzene ring substituents is 1. The van der Waals surface area contributed by atoms with Gasteiger partial charge in [0, 0.05) is 31.8 Å². The van der Waals surface area contributed by atoms with Crippen LogP contribution in [0, 0.1) is 10.1 Å². The molecule has 0 spiro atoms. The number of nitro benzene ring substituents is 1. The van der Waals surface area contributed by atoms with Crippen LogP contribution in [0.2, 0.25) is 0 Å². The van der Waals surface area contributed by atoms with Crippen LogP contribution in [0.1, 0.15) is 41.2 Å². The summed E-state index contributed by atoms with van der Waals surface area (Å²) >= 11 is 0. The Bertz CT molecular complexity index is 926. The summed E-state index contributed by atoms with van der Waals surface area (Å²) in [7, 11) is 5.52. The minimum atomic E-state index is -0.463. The number of anilines is 1. The molecule has 1 N–H and O–H groups in total. The average molecular weight is 427 g/mol. The third-order valence-corrected chi connectivity index (χ3v) is 5.69. The van der Waals surface area contributed by atoms with E-state index in [1.165, 1.54) is 12.1 Å². The quantitative estimate of drug-likeness (QED) is 0.512. The zero-order valence-corrected chi connectivity index (χ0v) is 18.3. The highest BCUT2D eigenvalue weighted by Gasteiger charge is 2.23. The Morgan fingerprint density at radius 3 is 2.58 bits per heavy atom. The van der Waals surface area contributed by atoms with Gasteiger partial charge in [-0.2, -0.15) is 0 Å². The van der Waals surface area contributed by atoms with E-state index in [1.807, 2.05) is 43.3 Å². The molecule has 0 radical (unpaired) electrons. The van der Waals surface area contributed by atoms with Crippen molar-refractivity contribution >= 4 is 17.3 Å². The van der Waals surface area contributed by atoms with E-state index < -0.39 is 4.92 Å². The first-order chi connectivity index (χ1) is 14.9. The smallest absolute Gasteiger partial charge is 0.270 e. The van der Waals surface area contributed by atoms with Crippen LogP contribution in [-0.4, -0.2) is 56.6 Å². The molecule has 31 heavy (non-hydrogen) atoms. The van der Waals surface area contributed by atoms with Crippen molar-refractivity contribution in [2.24, 2.45) is 0 Å². The van der Waals surface area contributed by atoms with Crippen molar-refractivity contribution < 1.29 is 14.5 Å². The van der Waals surface area contributed by atoms with Crippen LogP contribution in [0.5, 0.6) is 5.75 Å². The summed E-state index contributed by atoms with van der Waals surface area (Å²) in [5.41, 5.74) is 2.03. The predicted molar refractivity (Wildman–Crippen MR) is 121 cm³/mol. The van der Waals surface area contributed by atoms with Crippen molar-refractivity contribution in [2.75, 3.05) is 45.7 Å². The third kappa shape index (κ3) is 5.52. The normalized spacial score (nSPS) is 14.9. The highest BCUT2D eigenvalue weighted by molar-refractivity contribution is 6.00. The molecular formula is C23H30N4O4. The van der Waals surface area contributed by atoms with Crippen molar-refractivity contribution in [2.45, 2.75) is 25.3 Å². The molecule has 3 rings (SSSR count). The van der Waals surface area contributed by atoms with Gasteiger partial charge in [-0.15, -0.1) is 0 Å². The average Bonchev–Trinajstić information content (AvgIpc) is 2.79. The Labute approximate surface area is 182 Å². The van der Waals surface area contributed by atoms with Gasteiger partial charge in [0.05, 0.1) is 29.3 Å². The van der Waals surface area contributed by atoms with Crippen molar-refractivity contribution in [3.8, 4) is 5.75 Å². The van der Waals surface area contributed by atoms with E-state index >= 15 is 0 Å². The number of nitrogens with zero attached hydrogens (tertiary/aromatic N) is 3. The molecule has 1 amide bonds. The second kappa shape index (κ2) is 10.3. The standard InChI is InChI=1S/C23H30N4O4/c1-25(2)22(17-8-7-9-19(14-17)31-3)16-24-23(28)20-15-18(27(29)30)10-11-21(20)26-12-5-4-6-13-26/h7-11,14-15,22H,4-6,12-13,16H2,1-3H3,(H,24,28). The fourth-order valence-corrected chi connectivity index (χ4v) is 3.96. The second-order valence-corrected chi connectivity index (χ2v) is 7.97. The second-order valence-electron chi connectivity index (χ2n) is 7.97. The minimum absolute atomic E-state index is 0.0730. The highest BCUT2D eigenvalue weighted by Crippen LogP contribution is 2.28. The molecule has 0 saturated carbocycles. The maximum atomic E-state index is 13.2. The maximum absolute atomic E-state index is 13.2. The van der Waals surface area contributed by atoms with E-state index in [0.29, 0.717) is 12.1 Å². The monoisotopic (exact) mass is 426 g/mol. The summed E-state index contributed by atoms with van der Waals surface area (Å²) in [6.07, 6.45) is 3.27. The summed E-state index contributed by atoms with van der Waals surface area (Å²) in [4.78, 5) is 28.2. The summed E-state index contributed by atoms with van der Waals surface area (Å²) in [6, 6.07) is 12.2. The molecule has 8 heteroatoms. The van der Waals surface area contributed by atoms with E-state index in [-0.39, 0.29) is 17.6 Å². The van der Waals surface area contributed by atoms with Crippen molar-refractivity contribution in [3.05, 3.63) is 63.7 Å². The van der Waals surface area contributed by atoms with Gasteiger partial charge >= 0.3 is 0 Å². The first-order valence-electron chi connectivity index (χ1n) is 10.5. The Morgan fingerprint density at radius 1 is 1.19 bits per heavy atom. The minimum Gasteiger partial charge on any atom is -0.497 e. The molecule has 1 unspecified atom stereocenters. The first-order valence-corrected chi connectivity index (χ1v) is 10.5. The van der Waals surface area contributed by atoms with Gasteiger partial charge in [-0.25, -0.2) is 0 Å². The molecule has 1 saturated heterocycles. The lowest BCUT2D eigenvalue weighted by Gasteiger charge is -2.30. The molecule has 1 fully saturated rings. The maximum Gasteiger partial charge on any atom is 0.270 e. The zero-order valence-electron chi connectivity index (χ0n) is 18.3. The number of carbonyl (C=O) groups is 1. The van der Waals surface area contributed by atoms with Gasteiger partial charge in [-0.1, -0.05) is 12.1 Å². The van der Waals surface area contributed by atoms with Gasteiger partial charge in [0.1, 0.15) is 5.75 Å². The lowest BCUT2D eigenvalue weighted by molar-refractivity contribution is -0.384. The molecule has 1 heterocycles. The van der Waals surface area contributed by atoms with Crippen LogP contribution in [0.25, 0.3) is 0 Å². The SMILES string of the molecule is COc1cccc(C(CNC(=O)c2cc([N+](=O)[O-])ccc2N2CCCCC2)N(C)C)c1. The number of piperidine rings is 1. The number of nitro groups is 1. The number of hydrogen-bond donors (Lipinski definition) is 1. The van der Waals surface area contributed by atoms with Crippen LogP contribution >= 0.6 is 0 Å². The van der Waals surface area contributed by atoms with E-state index in [0.717, 1.165) is 49.4 Å². The summed E-state index contributed by atoms with van der Waals surface area (Å²) in [6.45, 7) is 2.06. The molecule has 1 aliphatic rings. The van der Waals surface area contributed by atoms with Crippen LogP contribution in [0.3, 0.4) is 0 Å². The number of amides is 1. The number of ether oxygens (including phenoxy) is 1. The van der Waals surface area contributed by atoms with Gasteiger partial charge in [0.15, 0.2) is 0 Å². The number of carbonyl (C=O) groups excluding carboxylic acids is 1. The molecule has 0 aromatic heterocycles. The fraction of sp³-hybridized carbons (Fsp3) is 0.435. The molecule has 1 atom stereocenters. The fourth-order valence-electron chi connectivity index (χ4n) is 3.96. The number of benzene rings is 2. The van der Waals surface area contributed by atoms with Gasteiger partial charge in [-0.3, -0.25) is 14.9 Å². The van der Waals surface area contributed by atoms with Crippen molar-refractivity contribution in [1.29, 1.82) is 0 Å². The molecule has 0 aliphatic carbocycles. The van der Waals surface area contributed by atoms with Gasteiger partial charge in [0.2, 0.25) is 0 Å². The number of hydrogen-bond acceptors (Lipinski definition) is 6. The molecule has 1 aliphatic heterocycles. The topological polar surface area (TPSA) is 87.9 Å². The molecule has 166 valence electrons. The van der Waals surface area contributed by atoms with Crippen LogP contribution in [0.4, 0.5) is 11.4 Å². The number of likely N-dealkylation sites (N-methyl/N-ethyl adjacent to an activating group) is 1. The van der Waals surface area contributed by atoms with E-state index in [1.54, 1.807) is 13.2 Å². The Kier molecular flexibility index (Phi) is 7.46. The lowest BCUT2D eigenvalue weighted by Crippen LogP contribution is -2.36. The largest absolute Gasteiger partial charge is 0.497 e. The van der Waals surface area contributed by atoms with E-state index in [2.05, 4.69) is 10.2 Å². The van der Waals surface area contributed by atoms with Crippen molar-refractivity contribution in [1.82, 2.24) is 10.2 Å². The molecule has 2 aromatic carbocycles. The zero-order chi connectivity index (χ0) is 22.4. The summed E-state index contributed by atoms with van der Waals surface area (Å²) in [5.74, 6) is 0.445. The number of rotatable bonds is 8. The predicted octanol–water partition coefficient (Wildman–Crippen LogP) is 3.63. The third-order valence-electron chi connectivity index (χ3n) is 5.69. The van der Waals surface area contributed by atoms with E-state index in [4.69, 9.17) is 4.74 Å². The summed E-state index contributed by atoms with van der Waals surface area (Å²) < 4.78 is 5.32. The molecule has 0 bridgehead atoms. The Balaban J connectivity index is 1.83. The van der Waals surface area contributed by atoms with E-state index in [9.17, 15) is 14.9 Å². The molecule has 8 nitrogen and oxygen atoms in total. The Morgan fingerprint density at radius 2 is 1.94 bits per heavy atom. The lowest BCUT2D eigenvalue weighted by atomic mass is 10.0.